The first kappa shape index (κ1) is 25.1. The number of rotatable bonds is 8. The smallest absolute Gasteiger partial charge is 0.337 e. The van der Waals surface area contributed by atoms with Crippen molar-refractivity contribution in [3.63, 3.8) is 0 Å². The van der Waals surface area contributed by atoms with Crippen LogP contribution in [0, 0.1) is 20.8 Å². The third-order valence-electron chi connectivity index (χ3n) is 5.31. The van der Waals surface area contributed by atoms with Crippen molar-refractivity contribution in [3.05, 3.63) is 94.5 Å². The van der Waals surface area contributed by atoms with Gasteiger partial charge in [0.25, 0.3) is 0 Å². The Morgan fingerprint density at radius 2 is 1.50 bits per heavy atom. The van der Waals surface area contributed by atoms with Gasteiger partial charge in [0, 0.05) is 12.2 Å². The number of amides is 1. The lowest BCUT2D eigenvalue weighted by atomic mass is 10.1. The van der Waals surface area contributed by atoms with Gasteiger partial charge in [0.05, 0.1) is 24.1 Å². The van der Waals surface area contributed by atoms with Crippen molar-refractivity contribution in [2.45, 2.75) is 32.2 Å². The molecule has 178 valence electrons. The molecule has 0 fully saturated rings. The second kappa shape index (κ2) is 10.6. The first-order valence-electron chi connectivity index (χ1n) is 10.7. The van der Waals surface area contributed by atoms with Crippen LogP contribution >= 0.6 is 0 Å². The van der Waals surface area contributed by atoms with Crippen LogP contribution in [0.5, 0.6) is 0 Å². The van der Waals surface area contributed by atoms with E-state index in [1.54, 1.807) is 26.0 Å². The quantitative estimate of drug-likeness (QED) is 0.487. The van der Waals surface area contributed by atoms with Gasteiger partial charge in [-0.1, -0.05) is 48.0 Å². The number of carbonyl (C=O) groups excluding carboxylic acids is 2. The standard InChI is InChI=1S/C26H28N2O5S/c1-18-14-19(2)25(20(3)15-18)34(31,32)28(16-21-8-6-5-7-9-21)17-24(29)27-23-12-10-22(11-13-23)26(30)33-4/h5-15H,16-17H2,1-4H3,(H,27,29). The van der Waals surface area contributed by atoms with Gasteiger partial charge in [-0.3, -0.25) is 4.79 Å². The summed E-state index contributed by atoms with van der Waals surface area (Å²) in [6, 6.07) is 19.0. The average Bonchev–Trinajstić information content (AvgIpc) is 2.78. The molecule has 7 nitrogen and oxygen atoms in total. The van der Waals surface area contributed by atoms with Crippen LogP contribution in [-0.4, -0.2) is 38.3 Å². The van der Waals surface area contributed by atoms with Crippen molar-refractivity contribution in [2.24, 2.45) is 0 Å². The Morgan fingerprint density at radius 1 is 0.912 bits per heavy atom. The first-order valence-corrected chi connectivity index (χ1v) is 12.2. The SMILES string of the molecule is COC(=O)c1ccc(NC(=O)CN(Cc2ccccc2)S(=O)(=O)c2c(C)cc(C)cc2C)cc1. The summed E-state index contributed by atoms with van der Waals surface area (Å²) in [6.45, 7) is 5.11. The zero-order chi connectivity index (χ0) is 24.9. The third kappa shape index (κ3) is 5.89. The maximum atomic E-state index is 13.7. The molecule has 8 heteroatoms. The summed E-state index contributed by atoms with van der Waals surface area (Å²) in [7, 11) is -2.69. The average molecular weight is 481 g/mol. The summed E-state index contributed by atoms with van der Waals surface area (Å²) < 4.78 is 33.3. The van der Waals surface area contributed by atoms with Crippen LogP contribution < -0.4 is 5.32 Å². The highest BCUT2D eigenvalue weighted by molar-refractivity contribution is 7.89. The van der Waals surface area contributed by atoms with E-state index in [0.29, 0.717) is 22.4 Å². The minimum absolute atomic E-state index is 0.0463. The molecule has 3 aromatic rings. The second-order valence-corrected chi connectivity index (χ2v) is 9.98. The predicted octanol–water partition coefficient (Wildman–Crippen LogP) is 4.23. The monoisotopic (exact) mass is 480 g/mol. The van der Waals surface area contributed by atoms with E-state index in [2.05, 4.69) is 10.1 Å². The number of sulfonamides is 1. The summed E-state index contributed by atoms with van der Waals surface area (Å²) in [4.78, 5) is 24.7. The lowest BCUT2D eigenvalue weighted by molar-refractivity contribution is -0.116. The molecule has 0 saturated heterocycles. The number of nitrogens with zero attached hydrogens (tertiary/aromatic N) is 1. The summed E-state index contributed by atoms with van der Waals surface area (Å²) in [5.41, 5.74) is 3.79. The molecule has 34 heavy (non-hydrogen) atoms. The fourth-order valence-electron chi connectivity index (χ4n) is 3.88. The zero-order valence-corrected chi connectivity index (χ0v) is 20.5. The highest BCUT2D eigenvalue weighted by atomic mass is 32.2. The maximum absolute atomic E-state index is 13.7. The number of anilines is 1. The van der Waals surface area contributed by atoms with E-state index in [4.69, 9.17) is 0 Å². The van der Waals surface area contributed by atoms with E-state index >= 15 is 0 Å². The van der Waals surface area contributed by atoms with Gasteiger partial charge in [-0.05, 0) is 61.7 Å². The molecule has 0 spiro atoms. The summed E-state index contributed by atoms with van der Waals surface area (Å²) in [5.74, 6) is -0.977. The van der Waals surface area contributed by atoms with E-state index < -0.39 is 21.9 Å². The minimum Gasteiger partial charge on any atom is -0.465 e. The molecule has 0 aromatic heterocycles. The Hall–Kier alpha value is -3.49. The van der Waals surface area contributed by atoms with Gasteiger partial charge < -0.3 is 10.1 Å². The Labute approximate surface area is 200 Å². The van der Waals surface area contributed by atoms with Gasteiger partial charge in [-0.15, -0.1) is 0 Å². The van der Waals surface area contributed by atoms with Crippen molar-refractivity contribution in [2.75, 3.05) is 19.0 Å². The molecule has 1 N–H and O–H groups in total. The number of hydrogen-bond acceptors (Lipinski definition) is 5. The van der Waals surface area contributed by atoms with Crippen LogP contribution in [0.25, 0.3) is 0 Å². The second-order valence-electron chi connectivity index (χ2n) is 8.10. The summed E-state index contributed by atoms with van der Waals surface area (Å²) in [6.07, 6.45) is 0. The van der Waals surface area contributed by atoms with Gasteiger partial charge in [0.15, 0.2) is 0 Å². The molecule has 0 unspecified atom stereocenters. The largest absolute Gasteiger partial charge is 0.465 e. The summed E-state index contributed by atoms with van der Waals surface area (Å²) >= 11 is 0. The number of carbonyl (C=O) groups is 2. The van der Waals surface area contributed by atoms with E-state index in [1.165, 1.54) is 23.5 Å². The van der Waals surface area contributed by atoms with Crippen molar-refractivity contribution in [1.82, 2.24) is 4.31 Å². The molecule has 0 atom stereocenters. The van der Waals surface area contributed by atoms with Crippen molar-refractivity contribution in [3.8, 4) is 0 Å². The van der Waals surface area contributed by atoms with Crippen LogP contribution in [0.15, 0.2) is 71.6 Å². The molecule has 1 amide bonds. The number of aryl methyl sites for hydroxylation is 3. The van der Waals surface area contributed by atoms with Gasteiger partial charge in [-0.2, -0.15) is 4.31 Å². The minimum atomic E-state index is -3.97. The zero-order valence-electron chi connectivity index (χ0n) is 19.7. The van der Waals surface area contributed by atoms with E-state index in [9.17, 15) is 18.0 Å². The van der Waals surface area contributed by atoms with Crippen LogP contribution in [0.2, 0.25) is 0 Å². The van der Waals surface area contributed by atoms with E-state index in [1.807, 2.05) is 49.4 Å². The number of nitrogens with one attached hydrogen (secondary N) is 1. The third-order valence-corrected chi connectivity index (χ3v) is 7.41. The van der Waals surface area contributed by atoms with Crippen molar-refractivity contribution < 1.29 is 22.7 Å². The van der Waals surface area contributed by atoms with Crippen molar-refractivity contribution in [1.29, 1.82) is 0 Å². The Bertz CT molecular complexity index is 1260. The Balaban J connectivity index is 1.89. The van der Waals surface area contributed by atoms with Gasteiger partial charge in [-0.25, -0.2) is 13.2 Å². The summed E-state index contributed by atoms with van der Waals surface area (Å²) in [5, 5.41) is 2.71. The molecule has 3 rings (SSSR count). The first-order chi connectivity index (χ1) is 16.1. The Morgan fingerprint density at radius 3 is 2.06 bits per heavy atom. The molecule has 0 heterocycles. The maximum Gasteiger partial charge on any atom is 0.337 e. The van der Waals surface area contributed by atoms with Crippen LogP contribution in [0.3, 0.4) is 0 Å². The fraction of sp³-hybridized carbons (Fsp3) is 0.231. The molecule has 0 aliphatic heterocycles. The van der Waals surface area contributed by atoms with Crippen LogP contribution in [-0.2, 0) is 26.1 Å². The molecule has 0 aliphatic rings. The molecule has 3 aromatic carbocycles. The number of esters is 1. The Kier molecular flexibility index (Phi) is 7.86. The highest BCUT2D eigenvalue weighted by Gasteiger charge is 2.30. The predicted molar refractivity (Wildman–Crippen MR) is 131 cm³/mol. The fourth-order valence-corrected chi connectivity index (χ4v) is 5.68. The van der Waals surface area contributed by atoms with Crippen LogP contribution in [0.1, 0.15) is 32.6 Å². The van der Waals surface area contributed by atoms with Gasteiger partial charge >= 0.3 is 5.97 Å². The van der Waals surface area contributed by atoms with Crippen molar-refractivity contribution >= 4 is 27.6 Å². The molecule has 0 saturated carbocycles. The lowest BCUT2D eigenvalue weighted by Gasteiger charge is -2.24. The normalized spacial score (nSPS) is 11.3. The number of methoxy groups -OCH3 is 1. The molecular weight excluding hydrogens is 452 g/mol. The topological polar surface area (TPSA) is 92.8 Å². The lowest BCUT2D eigenvalue weighted by Crippen LogP contribution is -2.38. The molecule has 0 aliphatic carbocycles. The number of hydrogen-bond donors (Lipinski definition) is 1. The van der Waals surface area contributed by atoms with Gasteiger partial charge in [0.2, 0.25) is 15.9 Å². The molecule has 0 radical (unpaired) electrons. The number of benzene rings is 3. The molecule has 0 bridgehead atoms. The molecular formula is C26H28N2O5S. The van der Waals surface area contributed by atoms with E-state index in [0.717, 1.165) is 11.1 Å². The van der Waals surface area contributed by atoms with Crippen LogP contribution in [0.4, 0.5) is 5.69 Å². The van der Waals surface area contributed by atoms with E-state index in [-0.39, 0.29) is 18.0 Å². The number of ether oxygens (including phenoxy) is 1. The highest BCUT2D eigenvalue weighted by Crippen LogP contribution is 2.26. The van der Waals surface area contributed by atoms with Gasteiger partial charge in [0.1, 0.15) is 0 Å².